The number of nitrogens with zero attached hydrogens (tertiary/aromatic N) is 2. The minimum Gasteiger partial charge on any atom is -0.465 e. The van der Waals surface area contributed by atoms with Gasteiger partial charge in [0.2, 0.25) is 0 Å². The molecule has 2 rings (SSSR count). The molecule has 1 aromatic rings. The van der Waals surface area contributed by atoms with Gasteiger partial charge < -0.3 is 14.4 Å². The molecule has 0 spiro atoms. The zero-order valence-corrected chi connectivity index (χ0v) is 14.7. The normalized spacial score (nSPS) is 14.7. The lowest BCUT2D eigenvalue weighted by atomic mass is 10.3. The van der Waals surface area contributed by atoms with Crippen molar-refractivity contribution in [3.63, 3.8) is 0 Å². The lowest BCUT2D eigenvalue weighted by Gasteiger charge is -2.22. The second kappa shape index (κ2) is 8.52. The number of hydrogen-bond acceptors (Lipinski definition) is 8. The molecule has 0 unspecified atom stereocenters. The standard InChI is InChI=1S/C16H18N2O6S/c1-23-15(19)13(17-9-5-6-10-17)14(16(20)24-2)25-12-8-4-3-7-11(12)18(21)22/h3-4,7-8H,5-6,9-10H2,1-2H3/b14-13+. The van der Waals surface area contributed by atoms with Crippen LogP contribution < -0.4 is 0 Å². The average Bonchev–Trinajstić information content (AvgIpc) is 3.14. The molecular formula is C16H18N2O6S. The van der Waals surface area contributed by atoms with Crippen molar-refractivity contribution in [2.75, 3.05) is 27.3 Å². The molecule has 0 radical (unpaired) electrons. The Hall–Kier alpha value is -2.55. The number of para-hydroxylation sites is 1. The second-order valence-electron chi connectivity index (χ2n) is 5.18. The molecule has 1 fully saturated rings. The molecule has 1 heterocycles. The summed E-state index contributed by atoms with van der Waals surface area (Å²) in [5.41, 5.74) is -0.0745. The molecule has 25 heavy (non-hydrogen) atoms. The van der Waals surface area contributed by atoms with E-state index in [9.17, 15) is 19.7 Å². The second-order valence-corrected chi connectivity index (χ2v) is 6.23. The summed E-state index contributed by atoms with van der Waals surface area (Å²) >= 11 is 0.836. The maximum atomic E-state index is 12.3. The summed E-state index contributed by atoms with van der Waals surface area (Å²) in [6, 6.07) is 6.01. The SMILES string of the molecule is COC(=O)/C(Sc1ccccc1[N+](=O)[O-])=C(/C(=O)OC)N1CCCC1. The van der Waals surface area contributed by atoms with Crippen LogP contribution in [0.25, 0.3) is 0 Å². The summed E-state index contributed by atoms with van der Waals surface area (Å²) in [5.74, 6) is -1.41. The van der Waals surface area contributed by atoms with E-state index in [1.807, 2.05) is 0 Å². The van der Waals surface area contributed by atoms with E-state index >= 15 is 0 Å². The molecular weight excluding hydrogens is 348 g/mol. The van der Waals surface area contributed by atoms with E-state index in [1.54, 1.807) is 11.0 Å². The first-order valence-electron chi connectivity index (χ1n) is 7.56. The third kappa shape index (κ3) is 4.30. The van der Waals surface area contributed by atoms with Crippen molar-refractivity contribution in [2.24, 2.45) is 0 Å². The molecule has 1 aliphatic heterocycles. The molecule has 1 aromatic carbocycles. The van der Waals surface area contributed by atoms with Gasteiger partial charge in [-0.1, -0.05) is 23.9 Å². The monoisotopic (exact) mass is 366 g/mol. The van der Waals surface area contributed by atoms with Gasteiger partial charge in [0.1, 0.15) is 10.6 Å². The molecule has 0 atom stereocenters. The Morgan fingerprint density at radius 3 is 2.28 bits per heavy atom. The molecule has 0 aromatic heterocycles. The zero-order valence-electron chi connectivity index (χ0n) is 13.9. The molecule has 0 saturated carbocycles. The highest BCUT2D eigenvalue weighted by Crippen LogP contribution is 2.37. The minimum atomic E-state index is -0.740. The molecule has 134 valence electrons. The van der Waals surface area contributed by atoms with Crippen LogP contribution in [0.5, 0.6) is 0 Å². The van der Waals surface area contributed by atoms with Crippen molar-refractivity contribution in [3.05, 3.63) is 45.0 Å². The summed E-state index contributed by atoms with van der Waals surface area (Å²) in [4.78, 5) is 37.3. The number of nitro benzene ring substituents is 1. The van der Waals surface area contributed by atoms with E-state index in [2.05, 4.69) is 0 Å². The van der Waals surface area contributed by atoms with Crippen LogP contribution in [0, 0.1) is 10.1 Å². The molecule has 0 bridgehead atoms. The minimum absolute atomic E-state index is 0.0226. The third-order valence-electron chi connectivity index (χ3n) is 3.66. The predicted molar refractivity (Wildman–Crippen MR) is 90.8 cm³/mol. The van der Waals surface area contributed by atoms with E-state index in [1.165, 1.54) is 32.4 Å². The maximum absolute atomic E-state index is 12.3. The largest absolute Gasteiger partial charge is 0.465 e. The molecule has 0 N–H and O–H groups in total. The van der Waals surface area contributed by atoms with E-state index in [4.69, 9.17) is 9.47 Å². The fourth-order valence-corrected chi connectivity index (χ4v) is 3.58. The van der Waals surface area contributed by atoms with E-state index in [0.29, 0.717) is 13.1 Å². The van der Waals surface area contributed by atoms with Crippen LogP contribution in [0.3, 0.4) is 0 Å². The number of benzene rings is 1. The van der Waals surface area contributed by atoms with E-state index < -0.39 is 16.9 Å². The number of carbonyl (C=O) groups is 2. The van der Waals surface area contributed by atoms with Gasteiger partial charge in [0.05, 0.1) is 24.0 Å². The Kier molecular flexibility index (Phi) is 6.40. The number of rotatable bonds is 6. The van der Waals surface area contributed by atoms with Gasteiger partial charge in [-0.3, -0.25) is 10.1 Å². The van der Waals surface area contributed by atoms with Gasteiger partial charge in [0.25, 0.3) is 5.69 Å². The number of carbonyl (C=O) groups excluding carboxylic acids is 2. The van der Waals surface area contributed by atoms with Crippen LogP contribution in [-0.4, -0.2) is 49.1 Å². The van der Waals surface area contributed by atoms with Crippen LogP contribution in [0.15, 0.2) is 39.8 Å². The lowest BCUT2D eigenvalue weighted by molar-refractivity contribution is -0.387. The Morgan fingerprint density at radius 2 is 1.72 bits per heavy atom. The van der Waals surface area contributed by atoms with Crippen molar-refractivity contribution >= 4 is 29.4 Å². The van der Waals surface area contributed by atoms with Crippen molar-refractivity contribution in [3.8, 4) is 0 Å². The highest BCUT2D eigenvalue weighted by molar-refractivity contribution is 8.04. The lowest BCUT2D eigenvalue weighted by Crippen LogP contribution is -2.28. The van der Waals surface area contributed by atoms with Crippen LogP contribution >= 0.6 is 11.8 Å². The molecule has 1 saturated heterocycles. The van der Waals surface area contributed by atoms with Crippen LogP contribution in [0.2, 0.25) is 0 Å². The van der Waals surface area contributed by atoms with Gasteiger partial charge in [-0.05, 0) is 18.9 Å². The zero-order chi connectivity index (χ0) is 18.4. The highest BCUT2D eigenvalue weighted by atomic mass is 32.2. The fourth-order valence-electron chi connectivity index (χ4n) is 2.49. The van der Waals surface area contributed by atoms with Gasteiger partial charge in [-0.25, -0.2) is 9.59 Å². The average molecular weight is 366 g/mol. The number of thioether (sulfide) groups is 1. The Labute approximate surface area is 148 Å². The Bertz CT molecular complexity index is 712. The summed E-state index contributed by atoms with van der Waals surface area (Å²) < 4.78 is 9.62. The van der Waals surface area contributed by atoms with E-state index in [0.717, 1.165) is 24.6 Å². The van der Waals surface area contributed by atoms with Gasteiger partial charge in [-0.2, -0.15) is 0 Å². The summed E-state index contributed by atoms with van der Waals surface area (Å²) in [5, 5.41) is 11.2. The number of likely N-dealkylation sites (tertiary alicyclic amines) is 1. The first kappa shape index (κ1) is 18.8. The van der Waals surface area contributed by atoms with Crippen molar-refractivity contribution < 1.29 is 24.0 Å². The van der Waals surface area contributed by atoms with Gasteiger partial charge in [0.15, 0.2) is 0 Å². The first-order chi connectivity index (χ1) is 12.0. The van der Waals surface area contributed by atoms with Crippen LogP contribution in [0.4, 0.5) is 5.69 Å². The maximum Gasteiger partial charge on any atom is 0.355 e. The van der Waals surface area contributed by atoms with Crippen LogP contribution in [0.1, 0.15) is 12.8 Å². The predicted octanol–water partition coefficient (Wildman–Crippen LogP) is 2.34. The number of ether oxygens (including phenoxy) is 2. The number of hydrogen-bond donors (Lipinski definition) is 0. The highest BCUT2D eigenvalue weighted by Gasteiger charge is 2.31. The summed E-state index contributed by atoms with van der Waals surface area (Å²) in [6.07, 6.45) is 1.76. The molecule has 0 aliphatic carbocycles. The number of nitro groups is 1. The topological polar surface area (TPSA) is 99.0 Å². The molecule has 1 aliphatic rings. The first-order valence-corrected chi connectivity index (χ1v) is 8.38. The van der Waals surface area contributed by atoms with Crippen molar-refractivity contribution in [1.82, 2.24) is 4.90 Å². The summed E-state index contributed by atoms with van der Waals surface area (Å²) in [7, 11) is 2.42. The quantitative estimate of drug-likeness (QED) is 0.249. The smallest absolute Gasteiger partial charge is 0.355 e. The van der Waals surface area contributed by atoms with Crippen molar-refractivity contribution in [1.29, 1.82) is 0 Å². The number of esters is 2. The Morgan fingerprint density at radius 1 is 1.12 bits per heavy atom. The fraction of sp³-hybridized carbons (Fsp3) is 0.375. The third-order valence-corrected chi connectivity index (χ3v) is 4.79. The van der Waals surface area contributed by atoms with Gasteiger partial charge >= 0.3 is 11.9 Å². The molecule has 8 nitrogen and oxygen atoms in total. The Balaban J connectivity index is 2.55. The summed E-state index contributed by atoms with van der Waals surface area (Å²) in [6.45, 7) is 1.20. The molecule has 9 heteroatoms. The van der Waals surface area contributed by atoms with Gasteiger partial charge in [-0.15, -0.1) is 0 Å². The van der Waals surface area contributed by atoms with Crippen molar-refractivity contribution in [2.45, 2.75) is 17.7 Å². The van der Waals surface area contributed by atoms with Crippen LogP contribution in [-0.2, 0) is 19.1 Å². The number of methoxy groups -OCH3 is 2. The molecule has 0 amide bonds. The van der Waals surface area contributed by atoms with E-state index in [-0.39, 0.29) is 21.2 Å². The van der Waals surface area contributed by atoms with Gasteiger partial charge in [0, 0.05) is 19.2 Å².